The van der Waals surface area contributed by atoms with Crippen molar-refractivity contribution in [3.8, 4) is 0 Å². The first-order chi connectivity index (χ1) is 11.2. The Morgan fingerprint density at radius 3 is 2.62 bits per heavy atom. The van der Waals surface area contributed by atoms with Gasteiger partial charge in [-0.25, -0.2) is 9.38 Å². The molecule has 5 heteroatoms. The Bertz CT molecular complexity index is 538. The predicted molar refractivity (Wildman–Crippen MR) is 98.4 cm³/mol. The average Bonchev–Trinajstić information content (AvgIpc) is 2.51. The van der Waals surface area contributed by atoms with Gasteiger partial charge in [-0.15, -0.1) is 0 Å². The van der Waals surface area contributed by atoms with E-state index in [0.29, 0.717) is 23.6 Å². The van der Waals surface area contributed by atoms with Crippen LogP contribution in [0.2, 0.25) is 0 Å². The van der Waals surface area contributed by atoms with Crippen molar-refractivity contribution in [3.05, 3.63) is 35.1 Å². The van der Waals surface area contributed by atoms with Crippen LogP contribution in [-0.2, 0) is 13.2 Å². The second kappa shape index (κ2) is 9.62. The van der Waals surface area contributed by atoms with E-state index in [1.165, 1.54) is 6.07 Å². The van der Waals surface area contributed by atoms with Gasteiger partial charge in [0.1, 0.15) is 5.82 Å². The molecule has 0 fully saturated rings. The standard InChI is InChI=1S/C19H32FN3O/c1-6-21-18(23-14(2)9-10-19(3,4)5)22-12-15-7-8-17(20)16(11-15)13-24/h7-8,11,14,24H,6,9-10,12-13H2,1-5H3,(H2,21,22,23). The van der Waals surface area contributed by atoms with Crippen LogP contribution >= 0.6 is 0 Å². The van der Waals surface area contributed by atoms with Crippen LogP contribution in [0, 0.1) is 11.2 Å². The highest BCUT2D eigenvalue weighted by Gasteiger charge is 2.13. The Morgan fingerprint density at radius 2 is 2.04 bits per heavy atom. The summed E-state index contributed by atoms with van der Waals surface area (Å²) in [6, 6.07) is 5.06. The lowest BCUT2D eigenvalue weighted by Crippen LogP contribution is -2.42. The molecule has 0 saturated heterocycles. The number of nitrogens with zero attached hydrogens (tertiary/aromatic N) is 1. The number of hydrogen-bond acceptors (Lipinski definition) is 2. The van der Waals surface area contributed by atoms with Crippen LogP contribution in [-0.4, -0.2) is 23.7 Å². The minimum atomic E-state index is -0.383. The number of aliphatic hydroxyl groups excluding tert-OH is 1. The molecule has 1 atom stereocenters. The summed E-state index contributed by atoms with van der Waals surface area (Å²) in [7, 11) is 0. The van der Waals surface area contributed by atoms with Gasteiger partial charge in [0, 0.05) is 18.2 Å². The van der Waals surface area contributed by atoms with Gasteiger partial charge >= 0.3 is 0 Å². The molecule has 24 heavy (non-hydrogen) atoms. The average molecular weight is 337 g/mol. The second-order valence-electron chi connectivity index (χ2n) is 7.42. The zero-order valence-corrected chi connectivity index (χ0v) is 15.6. The number of nitrogens with one attached hydrogen (secondary N) is 2. The molecule has 0 aliphatic rings. The van der Waals surface area contributed by atoms with Crippen LogP contribution in [0.25, 0.3) is 0 Å². The molecule has 0 aromatic heterocycles. The smallest absolute Gasteiger partial charge is 0.191 e. The van der Waals surface area contributed by atoms with E-state index in [-0.39, 0.29) is 12.4 Å². The summed E-state index contributed by atoms with van der Waals surface area (Å²) < 4.78 is 13.4. The molecule has 1 unspecified atom stereocenters. The van der Waals surface area contributed by atoms with Gasteiger partial charge in [0.05, 0.1) is 13.2 Å². The summed E-state index contributed by atoms with van der Waals surface area (Å²) in [5, 5.41) is 15.8. The van der Waals surface area contributed by atoms with Crippen molar-refractivity contribution in [2.24, 2.45) is 10.4 Å². The minimum Gasteiger partial charge on any atom is -0.392 e. The molecule has 0 saturated carbocycles. The number of benzene rings is 1. The van der Waals surface area contributed by atoms with Gasteiger partial charge < -0.3 is 15.7 Å². The molecule has 4 nitrogen and oxygen atoms in total. The van der Waals surface area contributed by atoms with Crippen molar-refractivity contribution in [1.29, 1.82) is 0 Å². The van der Waals surface area contributed by atoms with Crippen molar-refractivity contribution in [1.82, 2.24) is 10.6 Å². The third-order valence-corrected chi connectivity index (χ3v) is 3.75. The molecular formula is C19H32FN3O. The third kappa shape index (κ3) is 7.77. The van der Waals surface area contributed by atoms with Crippen LogP contribution in [0.5, 0.6) is 0 Å². The molecule has 136 valence electrons. The highest BCUT2D eigenvalue weighted by molar-refractivity contribution is 5.80. The molecule has 0 spiro atoms. The van der Waals surface area contributed by atoms with Crippen molar-refractivity contribution in [2.75, 3.05) is 6.54 Å². The van der Waals surface area contributed by atoms with Gasteiger partial charge in [-0.1, -0.05) is 26.8 Å². The molecule has 3 N–H and O–H groups in total. The van der Waals surface area contributed by atoms with Gasteiger partial charge in [0.15, 0.2) is 5.96 Å². The van der Waals surface area contributed by atoms with E-state index in [2.05, 4.69) is 43.3 Å². The molecule has 0 bridgehead atoms. The minimum absolute atomic E-state index is 0.300. The van der Waals surface area contributed by atoms with E-state index in [1.807, 2.05) is 6.92 Å². The van der Waals surface area contributed by atoms with Crippen molar-refractivity contribution < 1.29 is 9.50 Å². The van der Waals surface area contributed by atoms with E-state index >= 15 is 0 Å². The monoisotopic (exact) mass is 337 g/mol. The zero-order valence-electron chi connectivity index (χ0n) is 15.6. The van der Waals surface area contributed by atoms with Gasteiger partial charge in [-0.05, 0) is 49.8 Å². The lowest BCUT2D eigenvalue weighted by molar-refractivity contribution is 0.275. The molecule has 0 aliphatic heterocycles. The first-order valence-corrected chi connectivity index (χ1v) is 8.68. The first kappa shape index (κ1) is 20.4. The maximum absolute atomic E-state index is 13.4. The number of halogens is 1. The maximum Gasteiger partial charge on any atom is 0.191 e. The van der Waals surface area contributed by atoms with Crippen molar-refractivity contribution in [2.45, 2.75) is 66.7 Å². The summed E-state index contributed by atoms with van der Waals surface area (Å²) in [6.07, 6.45) is 2.21. The topological polar surface area (TPSA) is 56.7 Å². The molecule has 0 radical (unpaired) electrons. The van der Waals surface area contributed by atoms with Gasteiger partial charge in [0.2, 0.25) is 0 Å². The molecular weight excluding hydrogens is 305 g/mol. The van der Waals surface area contributed by atoms with Gasteiger partial charge in [-0.3, -0.25) is 0 Å². The highest BCUT2D eigenvalue weighted by Crippen LogP contribution is 2.21. The largest absolute Gasteiger partial charge is 0.392 e. The van der Waals surface area contributed by atoms with Crippen LogP contribution in [0.15, 0.2) is 23.2 Å². The lowest BCUT2D eigenvalue weighted by atomic mass is 9.89. The van der Waals surface area contributed by atoms with Crippen molar-refractivity contribution >= 4 is 5.96 Å². The Balaban J connectivity index is 2.68. The number of aliphatic imine (C=N–C) groups is 1. The summed E-state index contributed by atoms with van der Waals surface area (Å²) in [5.41, 5.74) is 1.50. The third-order valence-electron chi connectivity index (χ3n) is 3.75. The SMILES string of the molecule is CCNC(=NCc1ccc(F)c(CO)c1)NC(C)CCC(C)(C)C. The van der Waals surface area contributed by atoms with Gasteiger partial charge in [0.25, 0.3) is 0 Å². The van der Waals surface area contributed by atoms with E-state index in [4.69, 9.17) is 5.11 Å². The first-order valence-electron chi connectivity index (χ1n) is 8.68. The number of aliphatic hydroxyl groups is 1. The van der Waals surface area contributed by atoms with E-state index < -0.39 is 0 Å². The van der Waals surface area contributed by atoms with E-state index in [1.54, 1.807) is 12.1 Å². The summed E-state index contributed by atoms with van der Waals surface area (Å²) in [6.45, 7) is 11.8. The van der Waals surface area contributed by atoms with Crippen LogP contribution in [0.1, 0.15) is 58.6 Å². The number of rotatable bonds is 7. The Labute approximate surface area is 145 Å². The summed E-state index contributed by atoms with van der Waals surface area (Å²) in [4.78, 5) is 4.56. The molecule has 1 aromatic rings. The molecule has 1 aromatic carbocycles. The van der Waals surface area contributed by atoms with Crippen LogP contribution in [0.4, 0.5) is 4.39 Å². The molecule has 0 amide bonds. The molecule has 1 rings (SSSR count). The highest BCUT2D eigenvalue weighted by atomic mass is 19.1. The zero-order chi connectivity index (χ0) is 18.2. The quantitative estimate of drug-likeness (QED) is 0.526. The van der Waals surface area contributed by atoms with E-state index in [9.17, 15) is 4.39 Å². The van der Waals surface area contributed by atoms with Crippen molar-refractivity contribution in [3.63, 3.8) is 0 Å². The molecule has 0 aliphatic carbocycles. The Hall–Kier alpha value is -1.62. The summed E-state index contributed by atoms with van der Waals surface area (Å²) in [5.74, 6) is 0.375. The number of hydrogen-bond donors (Lipinski definition) is 3. The molecule has 0 heterocycles. The predicted octanol–water partition coefficient (Wildman–Crippen LogP) is 3.59. The Kier molecular flexibility index (Phi) is 8.19. The second-order valence-corrected chi connectivity index (χ2v) is 7.42. The van der Waals surface area contributed by atoms with E-state index in [0.717, 1.165) is 30.9 Å². The fourth-order valence-electron chi connectivity index (χ4n) is 2.29. The summed E-state index contributed by atoms with van der Waals surface area (Å²) >= 11 is 0. The normalized spacial score (nSPS) is 13.7. The Morgan fingerprint density at radius 1 is 1.33 bits per heavy atom. The maximum atomic E-state index is 13.4. The van der Waals surface area contributed by atoms with Crippen LogP contribution < -0.4 is 10.6 Å². The lowest BCUT2D eigenvalue weighted by Gasteiger charge is -2.23. The fourth-order valence-corrected chi connectivity index (χ4v) is 2.29. The number of guanidine groups is 1. The fraction of sp³-hybridized carbons (Fsp3) is 0.632. The van der Waals surface area contributed by atoms with Crippen LogP contribution in [0.3, 0.4) is 0 Å². The van der Waals surface area contributed by atoms with Gasteiger partial charge in [-0.2, -0.15) is 0 Å².